The molecule has 0 bridgehead atoms. The van der Waals surface area contributed by atoms with E-state index < -0.39 is 0 Å². The number of benzene rings is 1. The first-order valence-corrected chi connectivity index (χ1v) is 8.68. The van der Waals surface area contributed by atoms with E-state index in [-0.39, 0.29) is 5.91 Å². The third kappa shape index (κ3) is 3.51. The van der Waals surface area contributed by atoms with Crippen LogP contribution in [0.4, 0.5) is 0 Å². The van der Waals surface area contributed by atoms with Crippen molar-refractivity contribution in [3.8, 4) is 11.5 Å². The highest BCUT2D eigenvalue weighted by atomic mass is 32.1. The average molecular weight is 345 g/mol. The number of nitrogens with zero attached hydrogens (tertiary/aromatic N) is 2. The van der Waals surface area contributed by atoms with Gasteiger partial charge in [0, 0.05) is 23.3 Å². The Labute approximate surface area is 144 Å². The van der Waals surface area contributed by atoms with Crippen molar-refractivity contribution >= 4 is 22.2 Å². The predicted molar refractivity (Wildman–Crippen MR) is 93.0 cm³/mol. The molecule has 0 atom stereocenters. The van der Waals surface area contributed by atoms with Gasteiger partial charge in [0.1, 0.15) is 0 Å². The molecule has 0 aliphatic rings. The maximum atomic E-state index is 12.4. The van der Waals surface area contributed by atoms with E-state index in [4.69, 9.17) is 9.47 Å². The molecule has 1 amide bonds. The second-order valence-corrected chi connectivity index (χ2v) is 5.91. The van der Waals surface area contributed by atoms with Gasteiger partial charge in [-0.2, -0.15) is 0 Å². The predicted octanol–water partition coefficient (Wildman–Crippen LogP) is 3.12. The van der Waals surface area contributed by atoms with Crippen molar-refractivity contribution in [2.45, 2.75) is 20.4 Å². The fraction of sp³-hybridized carbons (Fsp3) is 0.294. The lowest BCUT2D eigenvalue weighted by molar-refractivity contribution is 0.0950. The van der Waals surface area contributed by atoms with Gasteiger partial charge in [0.2, 0.25) is 0 Å². The maximum Gasteiger partial charge on any atom is 0.251 e. The van der Waals surface area contributed by atoms with Crippen LogP contribution in [0.3, 0.4) is 0 Å². The lowest BCUT2D eigenvalue weighted by Crippen LogP contribution is -2.23. The van der Waals surface area contributed by atoms with Gasteiger partial charge in [-0.25, -0.2) is 4.98 Å². The molecule has 0 saturated heterocycles. The molecule has 0 aliphatic heterocycles. The highest BCUT2D eigenvalue weighted by Gasteiger charge is 2.12. The van der Waals surface area contributed by atoms with Crippen molar-refractivity contribution < 1.29 is 14.3 Å². The third-order valence-corrected chi connectivity index (χ3v) is 4.15. The summed E-state index contributed by atoms with van der Waals surface area (Å²) in [5.41, 5.74) is 1.36. The molecule has 0 unspecified atom stereocenters. The van der Waals surface area contributed by atoms with E-state index >= 15 is 0 Å². The van der Waals surface area contributed by atoms with Gasteiger partial charge >= 0.3 is 0 Å². The molecule has 0 spiro atoms. The maximum absolute atomic E-state index is 12.4. The van der Waals surface area contributed by atoms with Crippen LogP contribution in [0.1, 0.15) is 29.9 Å². The van der Waals surface area contributed by atoms with Crippen LogP contribution in [0.5, 0.6) is 11.5 Å². The Morgan fingerprint density at radius 1 is 1.25 bits per heavy atom. The molecule has 0 radical (unpaired) electrons. The van der Waals surface area contributed by atoms with E-state index in [1.165, 1.54) is 0 Å². The molecule has 0 aliphatic carbocycles. The number of nitrogens with one attached hydrogen (secondary N) is 1. The number of imidazole rings is 1. The van der Waals surface area contributed by atoms with Gasteiger partial charge in [0.05, 0.1) is 25.5 Å². The Hall–Kier alpha value is -2.54. The van der Waals surface area contributed by atoms with Gasteiger partial charge in [0.25, 0.3) is 5.91 Å². The first-order valence-electron chi connectivity index (χ1n) is 7.80. The lowest BCUT2D eigenvalue weighted by Gasteiger charge is -2.12. The van der Waals surface area contributed by atoms with Crippen LogP contribution in [-0.2, 0) is 6.54 Å². The molecule has 0 saturated carbocycles. The fourth-order valence-electron chi connectivity index (χ4n) is 2.33. The number of aromatic nitrogens is 2. The summed E-state index contributed by atoms with van der Waals surface area (Å²) in [7, 11) is 0. The summed E-state index contributed by atoms with van der Waals surface area (Å²) in [6.45, 7) is 5.24. The van der Waals surface area contributed by atoms with Gasteiger partial charge < -0.3 is 14.8 Å². The van der Waals surface area contributed by atoms with Crippen LogP contribution >= 0.6 is 11.3 Å². The van der Waals surface area contributed by atoms with Crippen LogP contribution in [0, 0.1) is 0 Å². The minimum absolute atomic E-state index is 0.171. The second kappa shape index (κ2) is 7.35. The van der Waals surface area contributed by atoms with Crippen molar-refractivity contribution in [1.29, 1.82) is 0 Å². The number of rotatable bonds is 7. The Bertz CT molecular complexity index is 812. The molecular weight excluding hydrogens is 326 g/mol. The summed E-state index contributed by atoms with van der Waals surface area (Å²) in [4.78, 5) is 17.7. The minimum Gasteiger partial charge on any atom is -0.490 e. The molecule has 0 fully saturated rings. The number of ether oxygens (including phenoxy) is 2. The minimum atomic E-state index is -0.171. The van der Waals surface area contributed by atoms with Crippen LogP contribution in [0.2, 0.25) is 0 Å². The highest BCUT2D eigenvalue weighted by molar-refractivity contribution is 7.15. The van der Waals surface area contributed by atoms with Gasteiger partial charge in [0.15, 0.2) is 16.5 Å². The van der Waals surface area contributed by atoms with Gasteiger partial charge in [-0.1, -0.05) is 0 Å². The molecule has 3 aromatic rings. The Morgan fingerprint density at radius 3 is 2.79 bits per heavy atom. The Morgan fingerprint density at radius 2 is 2.04 bits per heavy atom. The first kappa shape index (κ1) is 16.3. The zero-order valence-electron chi connectivity index (χ0n) is 13.6. The zero-order chi connectivity index (χ0) is 16.9. The number of hydrogen-bond acceptors (Lipinski definition) is 5. The number of carbonyl (C=O) groups excluding carboxylic acids is 1. The van der Waals surface area contributed by atoms with E-state index in [0.29, 0.717) is 36.8 Å². The summed E-state index contributed by atoms with van der Waals surface area (Å²) < 4.78 is 13.0. The number of thiazole rings is 1. The normalized spacial score (nSPS) is 10.8. The topological polar surface area (TPSA) is 64.9 Å². The SMILES string of the molecule is CCOc1ccc(C(=O)NCc2cn3ccsc3n2)cc1OCC. The molecule has 1 N–H and O–H groups in total. The summed E-state index contributed by atoms with van der Waals surface area (Å²) in [6.07, 6.45) is 3.86. The van der Waals surface area contributed by atoms with Crippen molar-refractivity contribution in [3.05, 3.63) is 47.2 Å². The van der Waals surface area contributed by atoms with E-state index in [1.54, 1.807) is 29.5 Å². The van der Waals surface area contributed by atoms with Crippen LogP contribution < -0.4 is 14.8 Å². The molecular formula is C17H19N3O3S. The van der Waals surface area contributed by atoms with Crippen LogP contribution in [0.15, 0.2) is 36.0 Å². The van der Waals surface area contributed by atoms with Crippen LogP contribution in [0.25, 0.3) is 4.96 Å². The van der Waals surface area contributed by atoms with E-state index in [2.05, 4.69) is 10.3 Å². The monoisotopic (exact) mass is 345 g/mol. The van der Waals surface area contributed by atoms with Gasteiger partial charge in [-0.15, -0.1) is 11.3 Å². The standard InChI is InChI=1S/C17H19N3O3S/c1-3-22-14-6-5-12(9-15(14)23-4-2)16(21)18-10-13-11-20-7-8-24-17(20)19-13/h5-9,11H,3-4,10H2,1-2H3,(H,18,21). The zero-order valence-corrected chi connectivity index (χ0v) is 14.4. The van der Waals surface area contributed by atoms with Crippen molar-refractivity contribution in [2.75, 3.05) is 13.2 Å². The smallest absolute Gasteiger partial charge is 0.251 e. The summed E-state index contributed by atoms with van der Waals surface area (Å²) >= 11 is 1.56. The highest BCUT2D eigenvalue weighted by Crippen LogP contribution is 2.28. The largest absolute Gasteiger partial charge is 0.490 e. The van der Waals surface area contributed by atoms with Gasteiger partial charge in [-0.05, 0) is 32.0 Å². The summed E-state index contributed by atoms with van der Waals surface area (Å²) in [5, 5.41) is 4.85. The number of amides is 1. The van der Waals surface area contributed by atoms with Crippen LogP contribution in [-0.4, -0.2) is 28.5 Å². The van der Waals surface area contributed by atoms with Crippen molar-refractivity contribution in [1.82, 2.24) is 14.7 Å². The molecule has 1 aromatic carbocycles. The van der Waals surface area contributed by atoms with Gasteiger partial charge in [-0.3, -0.25) is 9.20 Å². The fourth-order valence-corrected chi connectivity index (χ4v) is 3.05. The molecule has 6 nitrogen and oxygen atoms in total. The molecule has 24 heavy (non-hydrogen) atoms. The number of carbonyl (C=O) groups is 1. The third-order valence-electron chi connectivity index (χ3n) is 3.38. The summed E-state index contributed by atoms with van der Waals surface area (Å²) in [5.74, 6) is 1.05. The molecule has 7 heteroatoms. The molecule has 2 heterocycles. The average Bonchev–Trinajstić information content (AvgIpc) is 3.16. The van der Waals surface area contributed by atoms with E-state index in [9.17, 15) is 4.79 Å². The summed E-state index contributed by atoms with van der Waals surface area (Å²) in [6, 6.07) is 5.19. The molecule has 126 valence electrons. The molecule has 2 aromatic heterocycles. The first-order chi connectivity index (χ1) is 11.7. The van der Waals surface area contributed by atoms with E-state index in [0.717, 1.165) is 10.7 Å². The van der Waals surface area contributed by atoms with Crippen molar-refractivity contribution in [2.24, 2.45) is 0 Å². The quantitative estimate of drug-likeness (QED) is 0.714. The molecule has 3 rings (SSSR count). The van der Waals surface area contributed by atoms with Crippen molar-refractivity contribution in [3.63, 3.8) is 0 Å². The Balaban J connectivity index is 1.69. The number of fused-ring (bicyclic) bond motifs is 1. The Kier molecular flexibility index (Phi) is 5.00. The second-order valence-electron chi connectivity index (χ2n) is 5.04. The lowest BCUT2D eigenvalue weighted by atomic mass is 10.2. The van der Waals surface area contributed by atoms with E-state index in [1.807, 2.05) is 36.0 Å². The number of hydrogen-bond donors (Lipinski definition) is 1.